The number of nitrogens with zero attached hydrogens (tertiary/aromatic N) is 4. The maximum absolute atomic E-state index is 12.5. The summed E-state index contributed by atoms with van der Waals surface area (Å²) in [7, 11) is 0. The highest BCUT2D eigenvalue weighted by atomic mass is 32.2. The van der Waals surface area contributed by atoms with Gasteiger partial charge in [0.05, 0.1) is 10.7 Å². The van der Waals surface area contributed by atoms with Crippen LogP contribution in [0.3, 0.4) is 0 Å². The number of hydrogen-bond acceptors (Lipinski definition) is 9. The first-order valence-corrected chi connectivity index (χ1v) is 11.9. The molecule has 0 radical (unpaired) electrons. The van der Waals surface area contributed by atoms with E-state index in [-0.39, 0.29) is 17.1 Å². The first-order valence-electron chi connectivity index (χ1n) is 11.0. The van der Waals surface area contributed by atoms with Crippen molar-refractivity contribution < 1.29 is 9.72 Å². The number of aromatic nitrogens is 3. The predicted octanol–water partition coefficient (Wildman–Crippen LogP) is 5.61. The van der Waals surface area contributed by atoms with E-state index in [0.29, 0.717) is 17.1 Å². The van der Waals surface area contributed by atoms with Crippen molar-refractivity contribution in [3.63, 3.8) is 0 Å². The molecule has 0 aliphatic carbocycles. The van der Waals surface area contributed by atoms with Crippen LogP contribution in [0.5, 0.6) is 0 Å². The number of para-hydroxylation sites is 2. The second-order valence-corrected chi connectivity index (χ2v) is 8.80. The zero-order chi connectivity index (χ0) is 25.5. The summed E-state index contributed by atoms with van der Waals surface area (Å²) in [5.41, 5.74) is 3.81. The van der Waals surface area contributed by atoms with E-state index in [0.717, 1.165) is 34.3 Å². The van der Waals surface area contributed by atoms with Crippen molar-refractivity contribution in [2.45, 2.75) is 19.0 Å². The summed E-state index contributed by atoms with van der Waals surface area (Å²) >= 11 is 1.09. The number of rotatable bonds is 9. The van der Waals surface area contributed by atoms with Crippen molar-refractivity contribution in [3.05, 3.63) is 94.0 Å². The maximum Gasteiger partial charge on any atom is 0.292 e. The fourth-order valence-corrected chi connectivity index (χ4v) is 3.75. The van der Waals surface area contributed by atoms with Crippen LogP contribution >= 0.6 is 11.8 Å². The van der Waals surface area contributed by atoms with Gasteiger partial charge in [0.2, 0.25) is 17.8 Å². The highest BCUT2D eigenvalue weighted by molar-refractivity contribution is 7.99. The Kier molecular flexibility index (Phi) is 7.71. The van der Waals surface area contributed by atoms with Gasteiger partial charge in [0.1, 0.15) is 5.69 Å². The molecule has 0 aliphatic heterocycles. The molecule has 0 saturated carbocycles. The van der Waals surface area contributed by atoms with E-state index in [1.54, 1.807) is 12.1 Å². The second kappa shape index (κ2) is 11.3. The third-order valence-electron chi connectivity index (χ3n) is 4.94. The zero-order valence-corrected chi connectivity index (χ0v) is 20.4. The van der Waals surface area contributed by atoms with E-state index in [1.165, 1.54) is 12.1 Å². The van der Waals surface area contributed by atoms with Crippen LogP contribution in [0.4, 0.5) is 34.6 Å². The van der Waals surface area contributed by atoms with Crippen LogP contribution in [0.15, 0.2) is 78.0 Å². The maximum atomic E-state index is 12.5. The van der Waals surface area contributed by atoms with Gasteiger partial charge in [-0.2, -0.15) is 15.0 Å². The van der Waals surface area contributed by atoms with Crippen LogP contribution in [0.2, 0.25) is 0 Å². The molecule has 0 saturated heterocycles. The van der Waals surface area contributed by atoms with E-state index < -0.39 is 10.8 Å². The van der Waals surface area contributed by atoms with Crippen molar-refractivity contribution in [3.8, 4) is 0 Å². The molecular formula is C25H23N7O3S. The highest BCUT2D eigenvalue weighted by Gasteiger charge is 2.16. The summed E-state index contributed by atoms with van der Waals surface area (Å²) in [5.74, 6) is 0.148. The molecule has 36 heavy (non-hydrogen) atoms. The van der Waals surface area contributed by atoms with Gasteiger partial charge >= 0.3 is 0 Å². The molecule has 4 rings (SSSR count). The fraction of sp³-hybridized carbons (Fsp3) is 0.120. The van der Waals surface area contributed by atoms with Crippen molar-refractivity contribution in [1.29, 1.82) is 0 Å². The second-order valence-electron chi connectivity index (χ2n) is 7.86. The monoisotopic (exact) mass is 501 g/mol. The Labute approximate surface area is 211 Å². The Hall–Kier alpha value is -4.51. The van der Waals surface area contributed by atoms with Crippen molar-refractivity contribution in [1.82, 2.24) is 15.0 Å². The summed E-state index contributed by atoms with van der Waals surface area (Å²) in [4.78, 5) is 36.5. The summed E-state index contributed by atoms with van der Waals surface area (Å²) in [6.07, 6.45) is 0. The number of hydrogen-bond donors (Lipinski definition) is 3. The molecule has 4 aromatic rings. The number of nitrogens with one attached hydrogen (secondary N) is 3. The van der Waals surface area contributed by atoms with Crippen molar-refractivity contribution in [2.75, 3.05) is 21.7 Å². The molecule has 0 fully saturated rings. The topological polar surface area (TPSA) is 135 Å². The smallest absolute Gasteiger partial charge is 0.292 e. The van der Waals surface area contributed by atoms with Crippen LogP contribution in [0, 0.1) is 24.0 Å². The average molecular weight is 502 g/mol. The molecule has 0 unspecified atom stereocenters. The van der Waals surface area contributed by atoms with Crippen LogP contribution in [-0.2, 0) is 4.79 Å². The standard InChI is InChI=1S/C25H23N7O3S/c1-16-7-11-18(12-8-16)26-23-29-24(27-19-13-9-17(2)10-14-19)31-25(30-23)36-15-22(33)28-20-5-3-4-6-21(20)32(34)35/h3-14H,15H2,1-2H3,(H,28,33)(H2,26,27,29,30,31). The molecule has 11 heteroatoms. The number of carbonyl (C=O) groups is 1. The first kappa shape index (κ1) is 24.6. The zero-order valence-electron chi connectivity index (χ0n) is 19.6. The van der Waals surface area contributed by atoms with Gasteiger partial charge in [0.15, 0.2) is 5.16 Å². The quantitative estimate of drug-likeness (QED) is 0.152. The molecule has 3 aromatic carbocycles. The lowest BCUT2D eigenvalue weighted by Gasteiger charge is -2.11. The molecule has 0 atom stereocenters. The van der Waals surface area contributed by atoms with Gasteiger partial charge in [-0.3, -0.25) is 14.9 Å². The van der Waals surface area contributed by atoms with Gasteiger partial charge in [0, 0.05) is 17.4 Å². The molecule has 1 heterocycles. The number of anilines is 5. The highest BCUT2D eigenvalue weighted by Crippen LogP contribution is 2.25. The number of carbonyl (C=O) groups excluding carboxylic acids is 1. The fourth-order valence-electron chi connectivity index (χ4n) is 3.12. The minimum Gasteiger partial charge on any atom is -0.324 e. The summed E-state index contributed by atoms with van der Waals surface area (Å²) in [6.45, 7) is 4.00. The Morgan fingerprint density at radius 1 is 0.833 bits per heavy atom. The molecule has 182 valence electrons. The minimum atomic E-state index is -0.541. The number of nitro groups is 1. The summed E-state index contributed by atoms with van der Waals surface area (Å²) in [5, 5.41) is 20.4. The Morgan fingerprint density at radius 3 is 1.89 bits per heavy atom. The van der Waals surface area contributed by atoms with E-state index in [1.807, 2.05) is 62.4 Å². The minimum absolute atomic E-state index is 0.0516. The molecular weight excluding hydrogens is 478 g/mol. The molecule has 3 N–H and O–H groups in total. The third-order valence-corrected chi connectivity index (χ3v) is 5.78. The van der Waals surface area contributed by atoms with Crippen LogP contribution in [0.1, 0.15) is 11.1 Å². The molecule has 10 nitrogen and oxygen atoms in total. The Balaban J connectivity index is 1.52. The van der Waals surface area contributed by atoms with Gasteiger partial charge in [-0.05, 0) is 44.2 Å². The van der Waals surface area contributed by atoms with Gasteiger partial charge in [-0.15, -0.1) is 0 Å². The Morgan fingerprint density at radius 2 is 1.36 bits per heavy atom. The SMILES string of the molecule is Cc1ccc(Nc2nc(Nc3ccc(C)cc3)nc(SCC(=O)Nc3ccccc3[N+](=O)[O-])n2)cc1. The van der Waals surface area contributed by atoms with Crippen LogP contribution in [-0.4, -0.2) is 31.5 Å². The van der Waals surface area contributed by atoms with E-state index in [4.69, 9.17) is 0 Å². The Bertz CT molecular complexity index is 1310. The third kappa shape index (κ3) is 6.76. The normalized spacial score (nSPS) is 10.5. The predicted molar refractivity (Wildman–Crippen MR) is 141 cm³/mol. The first-order chi connectivity index (χ1) is 17.4. The van der Waals surface area contributed by atoms with Crippen molar-refractivity contribution >= 4 is 52.3 Å². The molecule has 0 bridgehead atoms. The van der Waals surface area contributed by atoms with Crippen LogP contribution in [0.25, 0.3) is 0 Å². The van der Waals surface area contributed by atoms with Crippen molar-refractivity contribution in [2.24, 2.45) is 0 Å². The largest absolute Gasteiger partial charge is 0.324 e. The number of benzene rings is 3. The molecule has 1 amide bonds. The summed E-state index contributed by atoms with van der Waals surface area (Å²) in [6, 6.07) is 21.5. The number of aryl methyl sites for hydroxylation is 2. The van der Waals surface area contributed by atoms with E-state index >= 15 is 0 Å². The van der Waals surface area contributed by atoms with E-state index in [2.05, 4.69) is 30.9 Å². The lowest BCUT2D eigenvalue weighted by Crippen LogP contribution is -2.15. The van der Waals surface area contributed by atoms with Gasteiger partial charge < -0.3 is 16.0 Å². The number of amides is 1. The molecule has 0 aliphatic rings. The van der Waals surface area contributed by atoms with Gasteiger partial charge in [-0.25, -0.2) is 0 Å². The number of nitro benzene ring substituents is 1. The van der Waals surface area contributed by atoms with Gasteiger partial charge in [0.25, 0.3) is 5.69 Å². The van der Waals surface area contributed by atoms with E-state index in [9.17, 15) is 14.9 Å². The lowest BCUT2D eigenvalue weighted by atomic mass is 10.2. The summed E-state index contributed by atoms with van der Waals surface area (Å²) < 4.78 is 0. The number of thioether (sulfide) groups is 1. The van der Waals surface area contributed by atoms with Gasteiger partial charge in [-0.1, -0.05) is 59.3 Å². The molecule has 1 aromatic heterocycles. The average Bonchev–Trinajstić information content (AvgIpc) is 2.86. The molecule has 0 spiro atoms. The van der Waals surface area contributed by atoms with Crippen LogP contribution < -0.4 is 16.0 Å². The lowest BCUT2D eigenvalue weighted by molar-refractivity contribution is -0.383.